The molecule has 10 heteroatoms. The number of nitrogens with one attached hydrogen (secondary N) is 1. The zero-order chi connectivity index (χ0) is 24.0. The van der Waals surface area contributed by atoms with Crippen LogP contribution in [0, 0.1) is 0 Å². The third-order valence-electron chi connectivity index (χ3n) is 5.41. The molecule has 0 saturated heterocycles. The van der Waals surface area contributed by atoms with Gasteiger partial charge in [0, 0.05) is 39.3 Å². The highest BCUT2D eigenvalue weighted by Gasteiger charge is 2.30. The Morgan fingerprint density at radius 2 is 1.09 bits per heavy atom. The van der Waals surface area contributed by atoms with Crippen molar-refractivity contribution < 1.29 is 16.8 Å². The lowest BCUT2D eigenvalue weighted by molar-refractivity contribution is 0.519. The van der Waals surface area contributed by atoms with Crippen LogP contribution in [0.4, 0.5) is 5.69 Å². The fourth-order valence-electron chi connectivity index (χ4n) is 3.55. The number of rotatable bonds is 6. The summed E-state index contributed by atoms with van der Waals surface area (Å²) in [6, 6.07) is 19.0. The predicted octanol–water partition coefficient (Wildman–Crippen LogP) is 3.03. The van der Waals surface area contributed by atoms with E-state index in [1.807, 2.05) is 30.3 Å². The van der Waals surface area contributed by atoms with Crippen LogP contribution in [0.15, 0.2) is 81.6 Å². The lowest BCUT2D eigenvalue weighted by atomic mass is 10.1. The number of hydrogen-bond donors (Lipinski definition) is 1. The van der Waals surface area contributed by atoms with Crippen LogP contribution < -0.4 is 5.43 Å². The summed E-state index contributed by atoms with van der Waals surface area (Å²) in [4.78, 5) is 0.264. The van der Waals surface area contributed by atoms with Crippen molar-refractivity contribution in [2.75, 3.05) is 33.6 Å². The van der Waals surface area contributed by atoms with Gasteiger partial charge in [0.25, 0.3) is 0 Å². The second-order valence-electron chi connectivity index (χ2n) is 7.93. The number of fused-ring (bicyclic) bond motifs is 3. The molecule has 0 spiro atoms. The molecule has 1 aliphatic rings. The monoisotopic (exact) mass is 484 g/mol. The average molecular weight is 485 g/mol. The first-order chi connectivity index (χ1) is 15.5. The molecule has 0 unspecified atom stereocenters. The minimum Gasteiger partial charge on any atom is -0.278 e. The molecule has 1 aliphatic carbocycles. The van der Waals surface area contributed by atoms with E-state index < -0.39 is 20.0 Å². The van der Waals surface area contributed by atoms with Crippen LogP contribution in [0.25, 0.3) is 11.1 Å². The molecule has 3 aromatic carbocycles. The van der Waals surface area contributed by atoms with Crippen LogP contribution in [0.1, 0.15) is 11.1 Å². The van der Waals surface area contributed by atoms with Gasteiger partial charge in [-0.15, -0.1) is 0 Å². The highest BCUT2D eigenvalue weighted by Crippen LogP contribution is 2.39. The van der Waals surface area contributed by atoms with Crippen LogP contribution in [-0.4, -0.2) is 59.3 Å². The van der Waals surface area contributed by atoms with Crippen molar-refractivity contribution >= 4 is 31.4 Å². The fourth-order valence-corrected chi connectivity index (χ4v) is 5.41. The normalized spacial score (nSPS) is 13.2. The Morgan fingerprint density at radius 1 is 0.636 bits per heavy atom. The molecule has 0 radical (unpaired) electrons. The molecular weight excluding hydrogens is 460 g/mol. The summed E-state index contributed by atoms with van der Waals surface area (Å²) in [6.07, 6.45) is 0. The molecule has 172 valence electrons. The van der Waals surface area contributed by atoms with Gasteiger partial charge in [-0.05, 0) is 47.5 Å². The Kier molecular flexibility index (Phi) is 5.87. The van der Waals surface area contributed by atoms with E-state index in [1.165, 1.54) is 28.2 Å². The summed E-state index contributed by atoms with van der Waals surface area (Å²) < 4.78 is 53.2. The molecule has 0 heterocycles. The van der Waals surface area contributed by atoms with Crippen LogP contribution in [0.3, 0.4) is 0 Å². The van der Waals surface area contributed by atoms with E-state index in [0.29, 0.717) is 16.8 Å². The number of hydrazone groups is 1. The third-order valence-corrected chi connectivity index (χ3v) is 9.03. The largest absolute Gasteiger partial charge is 0.278 e. The third kappa shape index (κ3) is 4.06. The van der Waals surface area contributed by atoms with Gasteiger partial charge in [0.2, 0.25) is 20.0 Å². The molecule has 0 aliphatic heterocycles. The van der Waals surface area contributed by atoms with E-state index >= 15 is 0 Å². The molecule has 0 amide bonds. The Labute approximate surface area is 194 Å². The molecular formula is C23H24N4O4S2. The van der Waals surface area contributed by atoms with Gasteiger partial charge >= 0.3 is 0 Å². The summed E-state index contributed by atoms with van der Waals surface area (Å²) in [5.41, 5.74) is 6.99. The zero-order valence-corrected chi connectivity index (χ0v) is 20.3. The van der Waals surface area contributed by atoms with Gasteiger partial charge in [0.1, 0.15) is 0 Å². The van der Waals surface area contributed by atoms with Gasteiger partial charge in [-0.25, -0.2) is 25.4 Å². The van der Waals surface area contributed by atoms with E-state index in [4.69, 9.17) is 0 Å². The van der Waals surface area contributed by atoms with Gasteiger partial charge in [-0.1, -0.05) is 30.3 Å². The van der Waals surface area contributed by atoms with E-state index in [1.54, 1.807) is 36.4 Å². The quantitative estimate of drug-likeness (QED) is 0.424. The van der Waals surface area contributed by atoms with Crippen molar-refractivity contribution in [3.8, 4) is 11.1 Å². The Hall–Kier alpha value is -3.05. The molecule has 8 nitrogen and oxygen atoms in total. The SMILES string of the molecule is CN(C)S(=O)(=O)c1ccc2c(c1)C(=NNc1ccccc1)c1cc(S(=O)(=O)N(C)C)ccc1-2. The summed E-state index contributed by atoms with van der Waals surface area (Å²) in [7, 11) is -1.43. The van der Waals surface area contributed by atoms with Gasteiger partial charge in [-0.3, -0.25) is 5.43 Å². The summed E-state index contributed by atoms with van der Waals surface area (Å²) in [6.45, 7) is 0. The molecule has 0 atom stereocenters. The Balaban J connectivity index is 1.92. The number of nitrogens with zero attached hydrogens (tertiary/aromatic N) is 3. The standard InChI is InChI=1S/C23H24N4O4S2/c1-26(2)32(28,29)17-10-12-19-20-13-11-18(33(30,31)27(3)4)15-22(20)23(21(19)14-17)25-24-16-8-6-5-7-9-16/h5-15,24H,1-4H3. The minimum absolute atomic E-state index is 0.132. The van der Waals surface area contributed by atoms with Crippen molar-refractivity contribution in [2.24, 2.45) is 5.10 Å². The van der Waals surface area contributed by atoms with Crippen molar-refractivity contribution in [1.82, 2.24) is 8.61 Å². The summed E-state index contributed by atoms with van der Waals surface area (Å²) in [5.74, 6) is 0. The van der Waals surface area contributed by atoms with Crippen LogP contribution >= 0.6 is 0 Å². The number of anilines is 1. The van der Waals surface area contributed by atoms with E-state index in [9.17, 15) is 16.8 Å². The summed E-state index contributed by atoms with van der Waals surface area (Å²) in [5, 5.41) is 4.56. The number of benzene rings is 3. The number of sulfonamides is 2. The second kappa shape index (κ2) is 8.38. The number of para-hydroxylation sites is 1. The molecule has 33 heavy (non-hydrogen) atoms. The van der Waals surface area contributed by atoms with E-state index in [2.05, 4.69) is 10.5 Å². The molecule has 4 rings (SSSR count). The molecule has 0 fully saturated rings. The molecule has 3 aromatic rings. The lowest BCUT2D eigenvalue weighted by Gasteiger charge is -2.13. The maximum absolute atomic E-state index is 12.7. The van der Waals surface area contributed by atoms with Crippen LogP contribution in [0.5, 0.6) is 0 Å². The smallest absolute Gasteiger partial charge is 0.242 e. The van der Waals surface area contributed by atoms with Crippen molar-refractivity contribution in [2.45, 2.75) is 9.79 Å². The highest BCUT2D eigenvalue weighted by atomic mass is 32.2. The first-order valence-corrected chi connectivity index (χ1v) is 12.9. The summed E-state index contributed by atoms with van der Waals surface area (Å²) >= 11 is 0. The average Bonchev–Trinajstić information content (AvgIpc) is 3.10. The predicted molar refractivity (Wildman–Crippen MR) is 129 cm³/mol. The lowest BCUT2D eigenvalue weighted by Crippen LogP contribution is -2.22. The van der Waals surface area contributed by atoms with E-state index in [-0.39, 0.29) is 9.79 Å². The van der Waals surface area contributed by atoms with Gasteiger partial charge in [0.15, 0.2) is 0 Å². The Morgan fingerprint density at radius 3 is 1.52 bits per heavy atom. The van der Waals surface area contributed by atoms with Gasteiger partial charge < -0.3 is 0 Å². The minimum atomic E-state index is -3.66. The van der Waals surface area contributed by atoms with Gasteiger partial charge in [-0.2, -0.15) is 5.10 Å². The molecule has 0 bridgehead atoms. The van der Waals surface area contributed by atoms with Crippen LogP contribution in [0.2, 0.25) is 0 Å². The van der Waals surface area contributed by atoms with Gasteiger partial charge in [0.05, 0.1) is 21.2 Å². The zero-order valence-electron chi connectivity index (χ0n) is 18.6. The molecule has 0 saturated carbocycles. The second-order valence-corrected chi connectivity index (χ2v) is 12.2. The van der Waals surface area contributed by atoms with Crippen molar-refractivity contribution in [1.29, 1.82) is 0 Å². The van der Waals surface area contributed by atoms with Crippen molar-refractivity contribution in [3.05, 3.63) is 77.9 Å². The Bertz CT molecular complexity index is 1370. The van der Waals surface area contributed by atoms with Crippen molar-refractivity contribution in [3.63, 3.8) is 0 Å². The van der Waals surface area contributed by atoms with Crippen LogP contribution in [-0.2, 0) is 20.0 Å². The van der Waals surface area contributed by atoms with E-state index in [0.717, 1.165) is 25.4 Å². The molecule has 0 aromatic heterocycles. The highest BCUT2D eigenvalue weighted by molar-refractivity contribution is 7.89. The fraction of sp³-hybridized carbons (Fsp3) is 0.174. The molecule has 1 N–H and O–H groups in total. The first kappa shape index (κ1) is 23.1. The maximum atomic E-state index is 12.7. The topological polar surface area (TPSA) is 99.1 Å². The first-order valence-electron chi connectivity index (χ1n) is 10.1. The number of hydrogen-bond acceptors (Lipinski definition) is 6. The maximum Gasteiger partial charge on any atom is 0.242 e.